The van der Waals surface area contributed by atoms with E-state index in [0.29, 0.717) is 18.1 Å². The second-order valence-corrected chi connectivity index (χ2v) is 8.91. The molecule has 1 amide bonds. The smallest absolute Gasteiger partial charge is 0.225 e. The molecule has 0 radical (unpaired) electrons. The first-order valence-electron chi connectivity index (χ1n) is 11.4. The van der Waals surface area contributed by atoms with Crippen molar-refractivity contribution in [1.29, 1.82) is 0 Å². The van der Waals surface area contributed by atoms with E-state index in [1.54, 1.807) is 13.3 Å². The fourth-order valence-electron chi connectivity index (χ4n) is 4.40. The summed E-state index contributed by atoms with van der Waals surface area (Å²) in [6.07, 6.45) is 5.39. The van der Waals surface area contributed by atoms with Crippen LogP contribution < -0.4 is 15.0 Å². The number of nitrogens with zero attached hydrogens (tertiary/aromatic N) is 4. The normalized spacial score (nSPS) is 15.9. The van der Waals surface area contributed by atoms with Gasteiger partial charge in [0.1, 0.15) is 11.3 Å². The number of aromatic nitrogens is 3. The van der Waals surface area contributed by atoms with Gasteiger partial charge in [-0.15, -0.1) is 0 Å². The van der Waals surface area contributed by atoms with Gasteiger partial charge in [-0.3, -0.25) is 4.79 Å². The first-order valence-corrected chi connectivity index (χ1v) is 11.7. The van der Waals surface area contributed by atoms with Gasteiger partial charge in [0, 0.05) is 42.6 Å². The Kier molecular flexibility index (Phi) is 6.36. The summed E-state index contributed by atoms with van der Waals surface area (Å²) in [5.74, 6) is 1.62. The van der Waals surface area contributed by atoms with E-state index in [-0.39, 0.29) is 11.8 Å². The van der Waals surface area contributed by atoms with Crippen LogP contribution in [0.15, 0.2) is 67.0 Å². The summed E-state index contributed by atoms with van der Waals surface area (Å²) >= 11 is 6.17. The van der Waals surface area contributed by atoms with Gasteiger partial charge in [-0.05, 0) is 48.7 Å². The van der Waals surface area contributed by atoms with Crippen LogP contribution in [0.25, 0.3) is 16.8 Å². The number of carbonyl (C=O) groups excluding carboxylic acids is 1. The minimum Gasteiger partial charge on any atom is -0.497 e. The number of methoxy groups -OCH3 is 1. The summed E-state index contributed by atoms with van der Waals surface area (Å²) in [6.45, 7) is 1.98. The van der Waals surface area contributed by atoms with Gasteiger partial charge in [-0.2, -0.15) is 5.10 Å². The van der Waals surface area contributed by atoms with E-state index in [4.69, 9.17) is 21.4 Å². The summed E-state index contributed by atoms with van der Waals surface area (Å²) < 4.78 is 7.03. The lowest BCUT2D eigenvalue weighted by molar-refractivity contribution is -0.125. The number of amides is 1. The zero-order valence-electron chi connectivity index (χ0n) is 18.9. The van der Waals surface area contributed by atoms with Crippen LogP contribution in [0.5, 0.6) is 5.75 Å². The second-order valence-electron chi connectivity index (χ2n) is 8.47. The standard InChI is InChI=1S/C26H26ClN5O2/c1-34-22-9-7-18(8-10-22)16-29-26(33)20-5-3-12-31(17-20)25-24-15-23(30-32(24)13-11-28-25)19-4-2-6-21(27)14-19/h2,4,6-11,13-15,20H,3,5,12,16-17H2,1H3,(H,29,33)/t20-/m0/s1. The van der Waals surface area contributed by atoms with Gasteiger partial charge in [0.15, 0.2) is 5.82 Å². The summed E-state index contributed by atoms with van der Waals surface area (Å²) in [5, 5.41) is 8.48. The molecular formula is C26H26ClN5O2. The topological polar surface area (TPSA) is 71.8 Å². The van der Waals surface area contributed by atoms with Gasteiger partial charge in [-0.1, -0.05) is 35.9 Å². The molecule has 0 saturated carbocycles. The Morgan fingerprint density at radius 3 is 2.85 bits per heavy atom. The Balaban J connectivity index is 1.31. The number of rotatable bonds is 6. The van der Waals surface area contributed by atoms with Crippen molar-refractivity contribution < 1.29 is 9.53 Å². The van der Waals surface area contributed by atoms with Crippen LogP contribution in [0.4, 0.5) is 5.82 Å². The minimum absolute atomic E-state index is 0.0700. The van der Waals surface area contributed by atoms with Crippen molar-refractivity contribution in [2.45, 2.75) is 19.4 Å². The van der Waals surface area contributed by atoms with E-state index < -0.39 is 0 Å². The highest BCUT2D eigenvalue weighted by molar-refractivity contribution is 6.30. The van der Waals surface area contributed by atoms with Gasteiger partial charge < -0.3 is 15.0 Å². The molecule has 3 heterocycles. The average molecular weight is 476 g/mol. The third-order valence-corrected chi connectivity index (χ3v) is 6.44. The molecule has 1 fully saturated rings. The molecule has 5 rings (SSSR count). The van der Waals surface area contributed by atoms with E-state index in [1.165, 1.54) is 0 Å². The number of anilines is 1. The third-order valence-electron chi connectivity index (χ3n) is 6.21. The van der Waals surface area contributed by atoms with Gasteiger partial charge in [0.05, 0.1) is 18.7 Å². The number of ether oxygens (including phenoxy) is 1. The first-order chi connectivity index (χ1) is 16.6. The van der Waals surface area contributed by atoms with Gasteiger partial charge in [0.25, 0.3) is 0 Å². The number of hydrogen-bond donors (Lipinski definition) is 1. The maximum Gasteiger partial charge on any atom is 0.225 e. The van der Waals surface area contributed by atoms with Crippen LogP contribution in [0.1, 0.15) is 18.4 Å². The van der Waals surface area contributed by atoms with E-state index in [2.05, 4.69) is 15.2 Å². The highest BCUT2D eigenvalue weighted by Gasteiger charge is 2.27. The number of fused-ring (bicyclic) bond motifs is 1. The molecule has 1 aliphatic heterocycles. The molecule has 1 N–H and O–H groups in total. The molecule has 2 aromatic heterocycles. The molecule has 1 atom stereocenters. The molecule has 34 heavy (non-hydrogen) atoms. The van der Waals surface area contributed by atoms with Crippen molar-refractivity contribution in [2.75, 3.05) is 25.1 Å². The van der Waals surface area contributed by atoms with Gasteiger partial charge >= 0.3 is 0 Å². The monoisotopic (exact) mass is 475 g/mol. The summed E-state index contributed by atoms with van der Waals surface area (Å²) in [4.78, 5) is 19.8. The highest BCUT2D eigenvalue weighted by Crippen LogP contribution is 2.29. The van der Waals surface area contributed by atoms with Gasteiger partial charge in [-0.25, -0.2) is 9.50 Å². The molecule has 174 valence electrons. The Morgan fingerprint density at radius 1 is 1.21 bits per heavy atom. The number of hydrogen-bond acceptors (Lipinski definition) is 5. The molecule has 0 unspecified atom stereocenters. The molecule has 0 spiro atoms. The number of piperidine rings is 1. The summed E-state index contributed by atoms with van der Waals surface area (Å²) in [5.41, 5.74) is 3.75. The lowest BCUT2D eigenvalue weighted by Gasteiger charge is -2.33. The second kappa shape index (κ2) is 9.73. The van der Waals surface area contributed by atoms with Crippen molar-refractivity contribution in [1.82, 2.24) is 19.9 Å². The third kappa shape index (κ3) is 4.70. The predicted octanol–water partition coefficient (Wildman–Crippen LogP) is 4.59. The minimum atomic E-state index is -0.0932. The van der Waals surface area contributed by atoms with Crippen LogP contribution >= 0.6 is 11.6 Å². The number of halogens is 1. The fourth-order valence-corrected chi connectivity index (χ4v) is 4.59. The molecule has 2 aromatic carbocycles. The van der Waals surface area contributed by atoms with E-state index >= 15 is 0 Å². The van der Waals surface area contributed by atoms with Crippen LogP contribution in [0.2, 0.25) is 5.02 Å². The zero-order chi connectivity index (χ0) is 23.5. The van der Waals surface area contributed by atoms with Crippen LogP contribution in [0.3, 0.4) is 0 Å². The lowest BCUT2D eigenvalue weighted by atomic mass is 9.97. The van der Waals surface area contributed by atoms with E-state index in [1.807, 2.05) is 65.3 Å². The summed E-state index contributed by atoms with van der Waals surface area (Å²) in [7, 11) is 1.64. The van der Waals surface area contributed by atoms with Crippen molar-refractivity contribution >= 4 is 28.8 Å². The summed E-state index contributed by atoms with van der Waals surface area (Å²) in [6, 6.07) is 17.4. The largest absolute Gasteiger partial charge is 0.497 e. The first kappa shape index (κ1) is 22.2. The molecule has 0 aliphatic carbocycles. The number of nitrogens with one attached hydrogen (secondary N) is 1. The fraction of sp³-hybridized carbons (Fsp3) is 0.269. The molecule has 0 bridgehead atoms. The predicted molar refractivity (Wildman–Crippen MR) is 133 cm³/mol. The highest BCUT2D eigenvalue weighted by atomic mass is 35.5. The Labute approximate surface area is 203 Å². The Hall–Kier alpha value is -3.58. The van der Waals surface area contributed by atoms with Crippen molar-refractivity contribution in [3.63, 3.8) is 0 Å². The number of benzene rings is 2. The molecule has 4 aromatic rings. The van der Waals surface area contributed by atoms with Crippen molar-refractivity contribution in [3.05, 3.63) is 77.6 Å². The quantitative estimate of drug-likeness (QED) is 0.441. The van der Waals surface area contributed by atoms with Gasteiger partial charge in [0.2, 0.25) is 5.91 Å². The van der Waals surface area contributed by atoms with E-state index in [9.17, 15) is 4.79 Å². The van der Waals surface area contributed by atoms with Crippen LogP contribution in [-0.2, 0) is 11.3 Å². The maximum atomic E-state index is 12.9. The SMILES string of the molecule is COc1ccc(CNC(=O)[C@H]2CCCN(c3nccn4nc(-c5cccc(Cl)c5)cc34)C2)cc1. The lowest BCUT2D eigenvalue weighted by Crippen LogP contribution is -2.43. The molecular weight excluding hydrogens is 450 g/mol. The zero-order valence-corrected chi connectivity index (χ0v) is 19.7. The molecule has 1 saturated heterocycles. The molecule has 8 heteroatoms. The molecule has 1 aliphatic rings. The maximum absolute atomic E-state index is 12.9. The average Bonchev–Trinajstić information content (AvgIpc) is 3.32. The van der Waals surface area contributed by atoms with E-state index in [0.717, 1.165) is 53.3 Å². The van der Waals surface area contributed by atoms with Crippen molar-refractivity contribution in [2.24, 2.45) is 5.92 Å². The van der Waals surface area contributed by atoms with Crippen LogP contribution in [-0.4, -0.2) is 40.7 Å². The van der Waals surface area contributed by atoms with Crippen molar-refractivity contribution in [3.8, 4) is 17.0 Å². The molecule has 7 nitrogen and oxygen atoms in total. The van der Waals surface area contributed by atoms with Crippen LogP contribution in [0, 0.1) is 5.92 Å². The Morgan fingerprint density at radius 2 is 2.06 bits per heavy atom. The number of carbonyl (C=O) groups is 1. The Bertz CT molecular complexity index is 1300.